The van der Waals surface area contributed by atoms with Gasteiger partial charge >= 0.3 is 11.7 Å². The van der Waals surface area contributed by atoms with Crippen LogP contribution in [0.2, 0.25) is 0 Å². The largest absolute Gasteiger partial charge is 0.354 e. The summed E-state index contributed by atoms with van der Waals surface area (Å²) in [6.45, 7) is 6.58. The summed E-state index contributed by atoms with van der Waals surface area (Å²) in [5.41, 5.74) is 17.2. The highest BCUT2D eigenvalue weighted by atomic mass is 16.2. The second-order valence-electron chi connectivity index (χ2n) is 10.4. The molecule has 1 aromatic heterocycles. The Bertz CT molecular complexity index is 1180. The molecular formula is C26H39N9O3. The number of likely N-dealkylation sites (tertiary alicyclic amines) is 1. The number of aromatic nitrogens is 2. The molecule has 2 aliphatic rings. The van der Waals surface area contributed by atoms with Crippen LogP contribution in [0.5, 0.6) is 0 Å². The van der Waals surface area contributed by atoms with Gasteiger partial charge in [-0.2, -0.15) is 4.98 Å². The minimum Gasteiger partial charge on any atom is -0.336 e. The summed E-state index contributed by atoms with van der Waals surface area (Å²) in [6, 6.07) is 9.08. The minimum absolute atomic E-state index is 0.168. The van der Waals surface area contributed by atoms with E-state index >= 15 is 0 Å². The zero-order valence-electron chi connectivity index (χ0n) is 22.0. The number of carbonyl (C=O) groups excluding carboxylic acids is 2. The number of nitrogens with one attached hydrogen (secondary N) is 1. The molecule has 2 aromatic rings. The SMILES string of the molecule is CC(N)(N)C(=O)N1CCN(C(=O)Nc2ccn(-c3cccc(CCN4CCCC(CN)C4)c3)c(=O)n2)CC1. The first-order valence-electron chi connectivity index (χ1n) is 13.2. The number of nitrogens with zero attached hydrogens (tertiary/aromatic N) is 5. The fourth-order valence-electron chi connectivity index (χ4n) is 5.01. The number of benzene rings is 1. The Hall–Kier alpha value is -3.32. The zero-order valence-corrected chi connectivity index (χ0v) is 22.0. The average molecular weight is 526 g/mol. The van der Waals surface area contributed by atoms with E-state index in [4.69, 9.17) is 17.2 Å². The summed E-state index contributed by atoms with van der Waals surface area (Å²) >= 11 is 0. The molecule has 12 nitrogen and oxygen atoms in total. The molecule has 2 fully saturated rings. The van der Waals surface area contributed by atoms with Crippen LogP contribution in [0.15, 0.2) is 41.3 Å². The lowest BCUT2D eigenvalue weighted by Gasteiger charge is -2.37. The Morgan fingerprint density at radius 2 is 1.84 bits per heavy atom. The number of carbonyl (C=O) groups is 2. The standard InChI is InChI=1S/C26H39N9O3/c1-26(28,29)23(36)33-12-14-34(15-13-33)24(37)30-22-8-11-35(25(38)31-22)21-6-2-4-19(16-21)7-10-32-9-3-5-20(17-27)18-32/h2,4,6,8,11,16,20H,3,5,7,9-10,12-15,17-18,27-29H2,1H3,(H,30,31,37,38). The molecule has 1 unspecified atom stereocenters. The van der Waals surface area contributed by atoms with Crippen molar-refractivity contribution in [3.05, 3.63) is 52.6 Å². The van der Waals surface area contributed by atoms with Crippen LogP contribution >= 0.6 is 0 Å². The van der Waals surface area contributed by atoms with E-state index in [2.05, 4.69) is 21.3 Å². The predicted molar refractivity (Wildman–Crippen MR) is 146 cm³/mol. The quantitative estimate of drug-likeness (QED) is 0.359. The molecule has 4 rings (SSSR count). The smallest absolute Gasteiger partial charge is 0.336 e. The van der Waals surface area contributed by atoms with Crippen molar-refractivity contribution in [1.82, 2.24) is 24.3 Å². The molecule has 206 valence electrons. The van der Waals surface area contributed by atoms with E-state index < -0.39 is 11.4 Å². The van der Waals surface area contributed by atoms with Crippen LogP contribution < -0.4 is 28.2 Å². The van der Waals surface area contributed by atoms with Gasteiger partial charge in [0.15, 0.2) is 0 Å². The van der Waals surface area contributed by atoms with E-state index in [1.54, 1.807) is 22.1 Å². The lowest BCUT2D eigenvalue weighted by Crippen LogP contribution is -2.63. The molecule has 0 spiro atoms. The van der Waals surface area contributed by atoms with Gasteiger partial charge in [0, 0.05) is 45.5 Å². The summed E-state index contributed by atoms with van der Waals surface area (Å²) in [7, 11) is 0. The first kappa shape index (κ1) is 27.7. The number of nitrogens with two attached hydrogens (primary N) is 3. The summed E-state index contributed by atoms with van der Waals surface area (Å²) in [6.07, 6.45) is 4.88. The maximum atomic E-state index is 12.8. The number of amides is 3. The summed E-state index contributed by atoms with van der Waals surface area (Å²) in [5.74, 6) is 0.381. The van der Waals surface area contributed by atoms with E-state index in [0.29, 0.717) is 32.1 Å². The molecule has 0 saturated carbocycles. The molecule has 7 N–H and O–H groups in total. The van der Waals surface area contributed by atoms with Crippen LogP contribution in [-0.2, 0) is 11.2 Å². The van der Waals surface area contributed by atoms with E-state index in [9.17, 15) is 14.4 Å². The Morgan fingerprint density at radius 3 is 2.53 bits per heavy atom. The molecule has 0 bridgehead atoms. The number of rotatable bonds is 7. The first-order chi connectivity index (χ1) is 18.1. The van der Waals surface area contributed by atoms with Crippen molar-refractivity contribution in [2.24, 2.45) is 23.1 Å². The molecule has 1 aromatic carbocycles. The van der Waals surface area contributed by atoms with Crippen LogP contribution in [0.25, 0.3) is 5.69 Å². The highest BCUT2D eigenvalue weighted by molar-refractivity contribution is 5.89. The van der Waals surface area contributed by atoms with Gasteiger partial charge in [0.25, 0.3) is 5.91 Å². The van der Waals surface area contributed by atoms with Gasteiger partial charge in [-0.25, -0.2) is 9.59 Å². The van der Waals surface area contributed by atoms with Crippen LogP contribution in [0, 0.1) is 5.92 Å². The van der Waals surface area contributed by atoms with Crippen molar-refractivity contribution >= 4 is 17.8 Å². The highest BCUT2D eigenvalue weighted by Crippen LogP contribution is 2.17. The van der Waals surface area contributed by atoms with E-state index in [1.807, 2.05) is 18.2 Å². The van der Waals surface area contributed by atoms with Crippen molar-refractivity contribution in [3.8, 4) is 5.69 Å². The fourth-order valence-corrected chi connectivity index (χ4v) is 5.01. The number of piperidine rings is 1. The highest BCUT2D eigenvalue weighted by Gasteiger charge is 2.32. The second-order valence-corrected chi connectivity index (χ2v) is 10.4. The van der Waals surface area contributed by atoms with Crippen molar-refractivity contribution in [1.29, 1.82) is 0 Å². The van der Waals surface area contributed by atoms with Gasteiger partial charge in [0.1, 0.15) is 11.5 Å². The van der Waals surface area contributed by atoms with Crippen LogP contribution in [-0.4, -0.2) is 94.2 Å². The van der Waals surface area contributed by atoms with Gasteiger partial charge in [-0.1, -0.05) is 12.1 Å². The van der Waals surface area contributed by atoms with Crippen molar-refractivity contribution < 1.29 is 9.59 Å². The molecular weight excluding hydrogens is 486 g/mol. The Kier molecular flexibility index (Phi) is 8.77. The molecule has 12 heteroatoms. The number of piperazine rings is 1. The first-order valence-corrected chi connectivity index (χ1v) is 13.2. The minimum atomic E-state index is -1.45. The van der Waals surface area contributed by atoms with Crippen molar-refractivity contribution in [2.45, 2.75) is 31.8 Å². The lowest BCUT2D eigenvalue weighted by molar-refractivity contribution is -0.137. The predicted octanol–water partition coefficient (Wildman–Crippen LogP) is -0.245. The van der Waals surface area contributed by atoms with E-state index in [1.165, 1.54) is 24.3 Å². The van der Waals surface area contributed by atoms with E-state index in [0.717, 1.165) is 43.9 Å². The van der Waals surface area contributed by atoms with Gasteiger partial charge in [0.2, 0.25) is 0 Å². The third-order valence-corrected chi connectivity index (χ3v) is 7.20. The van der Waals surface area contributed by atoms with Crippen LogP contribution in [0.4, 0.5) is 10.6 Å². The average Bonchev–Trinajstić information content (AvgIpc) is 2.91. The number of hydrogen-bond acceptors (Lipinski definition) is 8. The maximum Gasteiger partial charge on any atom is 0.354 e. The van der Waals surface area contributed by atoms with Gasteiger partial charge in [-0.05, 0) is 69.0 Å². The molecule has 2 saturated heterocycles. The van der Waals surface area contributed by atoms with Gasteiger partial charge in [0.05, 0.1) is 5.69 Å². The van der Waals surface area contributed by atoms with E-state index in [-0.39, 0.29) is 17.8 Å². The van der Waals surface area contributed by atoms with Crippen molar-refractivity contribution in [2.75, 3.05) is 57.7 Å². The van der Waals surface area contributed by atoms with Crippen molar-refractivity contribution in [3.63, 3.8) is 0 Å². The topological polar surface area (TPSA) is 169 Å². The Labute approximate surface area is 222 Å². The molecule has 38 heavy (non-hydrogen) atoms. The molecule has 2 aliphatic heterocycles. The lowest BCUT2D eigenvalue weighted by atomic mass is 9.98. The zero-order chi connectivity index (χ0) is 27.3. The Balaban J connectivity index is 1.33. The number of urea groups is 1. The number of anilines is 1. The summed E-state index contributed by atoms with van der Waals surface area (Å²) in [4.78, 5) is 47.3. The third kappa shape index (κ3) is 6.95. The molecule has 3 amide bonds. The monoisotopic (exact) mass is 525 g/mol. The van der Waals surface area contributed by atoms with Crippen LogP contribution in [0.1, 0.15) is 25.3 Å². The molecule has 1 atom stereocenters. The molecule has 0 aliphatic carbocycles. The summed E-state index contributed by atoms with van der Waals surface area (Å²) in [5, 5.41) is 2.68. The summed E-state index contributed by atoms with van der Waals surface area (Å²) < 4.78 is 1.46. The second kappa shape index (κ2) is 12.0. The fraction of sp³-hybridized carbons (Fsp3) is 0.538. The van der Waals surface area contributed by atoms with Gasteiger partial charge < -0.3 is 31.9 Å². The van der Waals surface area contributed by atoms with Gasteiger partial charge in [-0.15, -0.1) is 0 Å². The van der Waals surface area contributed by atoms with Crippen LogP contribution in [0.3, 0.4) is 0 Å². The Morgan fingerprint density at radius 1 is 1.11 bits per heavy atom. The maximum absolute atomic E-state index is 12.8. The number of hydrogen-bond donors (Lipinski definition) is 4. The normalized spacial score (nSPS) is 18.9. The molecule has 0 radical (unpaired) electrons. The van der Waals surface area contributed by atoms with Gasteiger partial charge in [-0.3, -0.25) is 14.7 Å². The third-order valence-electron chi connectivity index (χ3n) is 7.20. The molecule has 3 heterocycles.